The minimum Gasteiger partial charge on any atom is -0.484 e. The lowest BCUT2D eigenvalue weighted by molar-refractivity contribution is 0.0946. The van der Waals surface area contributed by atoms with Crippen molar-refractivity contribution in [3.05, 3.63) is 44.7 Å². The van der Waals surface area contributed by atoms with Gasteiger partial charge in [-0.15, -0.1) is 0 Å². The van der Waals surface area contributed by atoms with Crippen molar-refractivity contribution in [1.29, 1.82) is 0 Å². The minimum atomic E-state index is -0.514. The normalized spacial score (nSPS) is 11.9. The van der Waals surface area contributed by atoms with Gasteiger partial charge in [0.25, 0.3) is 5.91 Å². The maximum Gasteiger partial charge on any atom is 0.269 e. The summed E-state index contributed by atoms with van der Waals surface area (Å²) in [5.41, 5.74) is 10.9. The summed E-state index contributed by atoms with van der Waals surface area (Å²) in [6, 6.07) is 3.92. The standard InChI is InChI=1S/C16H20BrN5O2/c1-7-5-11(17)6-8(2)14(7)24-10(4)13-12(15(23)22-19)9(3)20-16(18)21-13/h5-6,10H,19H2,1-4H3,(H,22,23)(H2,18,20,21). The average molecular weight is 394 g/mol. The number of ether oxygens (including phenoxy) is 1. The first-order chi connectivity index (χ1) is 11.2. The number of hydrazine groups is 1. The van der Waals surface area contributed by atoms with E-state index in [2.05, 4.69) is 31.3 Å². The molecule has 0 saturated heterocycles. The average Bonchev–Trinajstić information content (AvgIpc) is 2.49. The molecule has 8 heteroatoms. The molecular formula is C16H20BrN5O2. The lowest BCUT2D eigenvalue weighted by atomic mass is 10.1. The zero-order valence-corrected chi connectivity index (χ0v) is 15.6. The Kier molecular flexibility index (Phi) is 5.40. The fraction of sp³-hybridized carbons (Fsp3) is 0.312. The van der Waals surface area contributed by atoms with Crippen molar-refractivity contribution in [2.45, 2.75) is 33.8 Å². The second kappa shape index (κ2) is 7.14. The minimum absolute atomic E-state index is 0.0794. The molecule has 0 aliphatic carbocycles. The molecule has 7 nitrogen and oxygen atoms in total. The van der Waals surface area contributed by atoms with Crippen LogP contribution in [0.25, 0.3) is 0 Å². The van der Waals surface area contributed by atoms with E-state index in [4.69, 9.17) is 16.3 Å². The van der Waals surface area contributed by atoms with Gasteiger partial charge in [-0.25, -0.2) is 15.8 Å². The van der Waals surface area contributed by atoms with E-state index < -0.39 is 12.0 Å². The number of rotatable bonds is 4. The second-order valence-corrected chi connectivity index (χ2v) is 6.45. The first-order valence-electron chi connectivity index (χ1n) is 7.33. The van der Waals surface area contributed by atoms with Gasteiger partial charge in [-0.05, 0) is 51.0 Å². The third-order valence-electron chi connectivity index (χ3n) is 3.60. The number of hydrogen-bond donors (Lipinski definition) is 3. The number of benzene rings is 1. The molecule has 24 heavy (non-hydrogen) atoms. The largest absolute Gasteiger partial charge is 0.484 e. The van der Waals surface area contributed by atoms with Crippen LogP contribution in [0, 0.1) is 20.8 Å². The topological polar surface area (TPSA) is 116 Å². The second-order valence-electron chi connectivity index (χ2n) is 5.53. The summed E-state index contributed by atoms with van der Waals surface area (Å²) < 4.78 is 7.05. The summed E-state index contributed by atoms with van der Waals surface area (Å²) in [4.78, 5) is 20.3. The molecule has 128 valence electrons. The number of carbonyl (C=O) groups is 1. The van der Waals surface area contributed by atoms with Gasteiger partial charge in [-0.1, -0.05) is 15.9 Å². The van der Waals surface area contributed by atoms with Crippen molar-refractivity contribution >= 4 is 27.8 Å². The highest BCUT2D eigenvalue weighted by atomic mass is 79.9. The van der Waals surface area contributed by atoms with E-state index in [1.54, 1.807) is 13.8 Å². The maximum absolute atomic E-state index is 12.1. The number of aryl methyl sites for hydroxylation is 3. The van der Waals surface area contributed by atoms with Gasteiger partial charge in [0, 0.05) is 4.47 Å². The third-order valence-corrected chi connectivity index (χ3v) is 4.06. The van der Waals surface area contributed by atoms with Crippen molar-refractivity contribution in [3.63, 3.8) is 0 Å². The van der Waals surface area contributed by atoms with Gasteiger partial charge in [0.05, 0.1) is 17.0 Å². The summed E-state index contributed by atoms with van der Waals surface area (Å²) in [6.45, 7) is 7.38. The van der Waals surface area contributed by atoms with Crippen LogP contribution in [0.1, 0.15) is 45.9 Å². The van der Waals surface area contributed by atoms with Crippen molar-refractivity contribution in [1.82, 2.24) is 15.4 Å². The molecule has 1 unspecified atom stereocenters. The highest BCUT2D eigenvalue weighted by Crippen LogP contribution is 2.32. The molecular weight excluding hydrogens is 374 g/mol. The molecule has 0 spiro atoms. The van der Waals surface area contributed by atoms with E-state index in [9.17, 15) is 4.79 Å². The van der Waals surface area contributed by atoms with Gasteiger partial charge < -0.3 is 10.5 Å². The Labute approximate surface area is 148 Å². The van der Waals surface area contributed by atoms with Crippen LogP contribution >= 0.6 is 15.9 Å². The summed E-state index contributed by atoms with van der Waals surface area (Å²) in [5, 5.41) is 0. The van der Waals surface area contributed by atoms with Crippen LogP contribution in [0.15, 0.2) is 16.6 Å². The van der Waals surface area contributed by atoms with Crippen LogP contribution in [0.2, 0.25) is 0 Å². The van der Waals surface area contributed by atoms with Crippen LogP contribution in [-0.2, 0) is 0 Å². The number of anilines is 1. The number of hydrogen-bond acceptors (Lipinski definition) is 6. The van der Waals surface area contributed by atoms with E-state index >= 15 is 0 Å². The van der Waals surface area contributed by atoms with Crippen molar-refractivity contribution < 1.29 is 9.53 Å². The fourth-order valence-electron chi connectivity index (χ4n) is 2.58. The molecule has 0 aliphatic rings. The van der Waals surface area contributed by atoms with Crippen LogP contribution in [0.4, 0.5) is 5.95 Å². The Hall–Kier alpha value is -2.19. The Balaban J connectivity index is 2.47. The van der Waals surface area contributed by atoms with Crippen LogP contribution in [0.5, 0.6) is 5.75 Å². The Morgan fingerprint density at radius 1 is 1.25 bits per heavy atom. The molecule has 0 saturated carbocycles. The summed E-state index contributed by atoms with van der Waals surface area (Å²) in [7, 11) is 0. The number of amides is 1. The quantitative estimate of drug-likeness (QED) is 0.417. The molecule has 0 fully saturated rings. The molecule has 0 bridgehead atoms. The molecule has 1 heterocycles. The van der Waals surface area contributed by atoms with E-state index in [0.717, 1.165) is 21.3 Å². The van der Waals surface area contributed by atoms with Crippen LogP contribution in [-0.4, -0.2) is 15.9 Å². The van der Waals surface area contributed by atoms with Gasteiger partial charge in [-0.3, -0.25) is 10.2 Å². The van der Waals surface area contributed by atoms with Crippen LogP contribution < -0.4 is 21.7 Å². The van der Waals surface area contributed by atoms with Gasteiger partial charge in [-0.2, -0.15) is 0 Å². The monoisotopic (exact) mass is 393 g/mol. The molecule has 1 atom stereocenters. The SMILES string of the molecule is Cc1cc(Br)cc(C)c1OC(C)c1nc(N)nc(C)c1C(=O)NN. The predicted molar refractivity (Wildman–Crippen MR) is 95.5 cm³/mol. The number of nitrogens with one attached hydrogen (secondary N) is 1. The van der Waals surface area contributed by atoms with E-state index in [-0.39, 0.29) is 11.5 Å². The molecule has 1 aromatic heterocycles. The van der Waals surface area contributed by atoms with E-state index in [0.29, 0.717) is 11.4 Å². The number of carbonyl (C=O) groups excluding carboxylic acids is 1. The fourth-order valence-corrected chi connectivity index (χ4v) is 3.27. The van der Waals surface area contributed by atoms with Gasteiger partial charge >= 0.3 is 0 Å². The molecule has 5 N–H and O–H groups in total. The molecule has 0 radical (unpaired) electrons. The summed E-state index contributed by atoms with van der Waals surface area (Å²) in [5.74, 6) is 5.60. The summed E-state index contributed by atoms with van der Waals surface area (Å²) in [6.07, 6.45) is -0.514. The molecule has 0 aliphatic heterocycles. The van der Waals surface area contributed by atoms with Crippen LogP contribution in [0.3, 0.4) is 0 Å². The smallest absolute Gasteiger partial charge is 0.269 e. The number of nitrogens with two attached hydrogens (primary N) is 2. The van der Waals surface area contributed by atoms with Gasteiger partial charge in [0.15, 0.2) is 0 Å². The lowest BCUT2D eigenvalue weighted by Crippen LogP contribution is -2.33. The van der Waals surface area contributed by atoms with E-state index in [1.807, 2.05) is 26.0 Å². The van der Waals surface area contributed by atoms with Gasteiger partial charge in [0.2, 0.25) is 5.95 Å². The Morgan fingerprint density at radius 2 is 1.83 bits per heavy atom. The molecule has 2 aromatic rings. The zero-order valence-electron chi connectivity index (χ0n) is 14.0. The molecule has 1 amide bonds. The summed E-state index contributed by atoms with van der Waals surface area (Å²) >= 11 is 3.46. The first-order valence-corrected chi connectivity index (χ1v) is 8.12. The number of aromatic nitrogens is 2. The highest BCUT2D eigenvalue weighted by Gasteiger charge is 2.23. The predicted octanol–water partition coefficient (Wildman–Crippen LogP) is 2.49. The number of nitrogens with zero attached hydrogens (tertiary/aromatic N) is 2. The van der Waals surface area contributed by atoms with Crippen molar-refractivity contribution in [3.8, 4) is 5.75 Å². The maximum atomic E-state index is 12.1. The highest BCUT2D eigenvalue weighted by molar-refractivity contribution is 9.10. The number of nitrogen functional groups attached to an aromatic ring is 2. The zero-order chi connectivity index (χ0) is 18.0. The van der Waals surface area contributed by atoms with E-state index in [1.165, 1.54) is 0 Å². The number of halogens is 1. The Bertz CT molecular complexity index is 771. The van der Waals surface area contributed by atoms with Gasteiger partial charge in [0.1, 0.15) is 11.9 Å². The van der Waals surface area contributed by atoms with Crippen molar-refractivity contribution in [2.24, 2.45) is 5.84 Å². The third kappa shape index (κ3) is 3.65. The lowest BCUT2D eigenvalue weighted by Gasteiger charge is -2.21. The molecule has 2 rings (SSSR count). The van der Waals surface area contributed by atoms with Crippen molar-refractivity contribution in [2.75, 3.05) is 5.73 Å². The Morgan fingerprint density at radius 3 is 2.38 bits per heavy atom. The first kappa shape index (κ1) is 18.2. The molecule has 1 aromatic carbocycles.